The Morgan fingerprint density at radius 2 is 1.67 bits per heavy atom. The van der Waals surface area contributed by atoms with Crippen molar-refractivity contribution >= 4 is 11.5 Å². The summed E-state index contributed by atoms with van der Waals surface area (Å²) in [5.74, 6) is -0.0765. The molecule has 58 valence electrons. The van der Waals surface area contributed by atoms with Gasteiger partial charge in [-0.1, -0.05) is 0 Å². The molecule has 0 aromatic rings. The van der Waals surface area contributed by atoms with Crippen LogP contribution in [0.2, 0.25) is 0 Å². The molecule has 0 radical (unpaired) electrons. The van der Waals surface area contributed by atoms with Gasteiger partial charge in [0, 0.05) is 0 Å². The van der Waals surface area contributed by atoms with Crippen LogP contribution in [0.15, 0.2) is 28.5 Å². The van der Waals surface area contributed by atoms with Gasteiger partial charge in [0.2, 0.25) is 0 Å². The topological polar surface area (TPSA) is 52.5 Å². The maximum atomic E-state index is 10.8. The molecule has 0 amide bonds. The fraction of sp³-hybridized carbons (Fsp3) is 0.250. The zero-order valence-electron chi connectivity index (χ0n) is 7.42. The zero-order chi connectivity index (χ0) is 8.43. The van der Waals surface area contributed by atoms with Crippen LogP contribution < -0.4 is 18.9 Å². The molecule has 0 heterocycles. The van der Waals surface area contributed by atoms with Gasteiger partial charge < -0.3 is 10.4 Å². The van der Waals surface area contributed by atoms with Crippen LogP contribution in [-0.2, 0) is 4.79 Å². The van der Waals surface area contributed by atoms with E-state index in [1.807, 2.05) is 0 Å². The molecule has 0 saturated heterocycles. The number of rotatable bonds is 0. The number of hydrogen-bond donors (Lipinski definition) is 0. The van der Waals surface area contributed by atoms with E-state index >= 15 is 0 Å². The summed E-state index contributed by atoms with van der Waals surface area (Å²) in [7, 11) is 0. The first-order chi connectivity index (χ1) is 5.15. The van der Waals surface area contributed by atoms with Crippen molar-refractivity contribution in [3.8, 4) is 0 Å². The third-order valence-corrected chi connectivity index (χ3v) is 1.56. The Bertz CT molecular complexity index is 265. The molecule has 0 saturated carbocycles. The van der Waals surface area contributed by atoms with Crippen LogP contribution >= 0.6 is 0 Å². The first-order valence-corrected chi connectivity index (χ1v) is 3.27. The van der Waals surface area contributed by atoms with Gasteiger partial charge in [-0.25, -0.2) is 0 Å². The molecule has 1 aliphatic rings. The minimum atomic E-state index is -0.0765. The van der Waals surface area contributed by atoms with Crippen LogP contribution in [0, 0.1) is 5.21 Å². The molecule has 0 N–H and O–H groups in total. The van der Waals surface area contributed by atoms with E-state index in [0.29, 0.717) is 16.9 Å². The average molecular weight is 157 g/mol. The van der Waals surface area contributed by atoms with E-state index in [0.717, 1.165) is 0 Å². The van der Waals surface area contributed by atoms with Crippen molar-refractivity contribution in [2.45, 2.75) is 13.8 Å². The molecule has 0 spiro atoms. The van der Waals surface area contributed by atoms with Gasteiger partial charge in [-0.3, -0.25) is 4.79 Å². The van der Waals surface area contributed by atoms with Gasteiger partial charge in [-0.15, -0.1) is 0 Å². The minimum absolute atomic E-state index is 0. The van der Waals surface area contributed by atoms with Crippen LogP contribution in [0.5, 0.6) is 0 Å². The van der Waals surface area contributed by atoms with Gasteiger partial charge in [0.25, 0.3) is 0 Å². The van der Waals surface area contributed by atoms with Crippen LogP contribution in [0.1, 0.15) is 13.8 Å². The molecule has 0 aromatic carbocycles. The van der Waals surface area contributed by atoms with E-state index in [2.05, 4.69) is 5.16 Å². The van der Waals surface area contributed by atoms with Gasteiger partial charge >= 0.3 is 18.9 Å². The van der Waals surface area contributed by atoms with Gasteiger partial charge in [0.1, 0.15) is 0 Å². The van der Waals surface area contributed by atoms with Crippen molar-refractivity contribution in [2.75, 3.05) is 0 Å². The third kappa shape index (κ3) is 2.10. The van der Waals surface area contributed by atoms with Gasteiger partial charge in [0.15, 0.2) is 5.78 Å². The summed E-state index contributed by atoms with van der Waals surface area (Å²) in [5.41, 5.74) is 1.67. The molecule has 3 nitrogen and oxygen atoms in total. The van der Waals surface area contributed by atoms with Crippen molar-refractivity contribution in [3.63, 3.8) is 0 Å². The first-order valence-electron chi connectivity index (χ1n) is 3.27. The largest absolute Gasteiger partial charge is 1.00 e. The second kappa shape index (κ2) is 4.29. The summed E-state index contributed by atoms with van der Waals surface area (Å²) in [6.07, 6.45) is 2.81. The van der Waals surface area contributed by atoms with Crippen molar-refractivity contribution in [1.29, 1.82) is 0 Å². The van der Waals surface area contributed by atoms with Crippen LogP contribution in [0.3, 0.4) is 0 Å². The number of nitrogens with zero attached hydrogens (tertiary/aromatic N) is 1. The second-order valence-corrected chi connectivity index (χ2v) is 2.50. The van der Waals surface area contributed by atoms with Crippen LogP contribution in [-0.4, -0.2) is 11.5 Å². The van der Waals surface area contributed by atoms with E-state index < -0.39 is 0 Å². The van der Waals surface area contributed by atoms with Crippen molar-refractivity contribution in [2.24, 2.45) is 5.16 Å². The van der Waals surface area contributed by atoms with Gasteiger partial charge in [-0.05, 0) is 37.1 Å². The number of carbonyl (C=O) groups is 1. The summed E-state index contributed by atoms with van der Waals surface area (Å²) in [5, 5.41) is 13.0. The normalized spacial score (nSPS) is 16.2. The number of hydrogen-bond acceptors (Lipinski definition) is 3. The SMILES string of the molecule is CC1=CC(=O)C=C(C)C1=N[O-].[Li+]. The average Bonchev–Trinajstić information content (AvgIpc) is 1.85. The number of ketones is 1. The molecule has 0 aromatic heterocycles. The Labute approximate surface area is 83.0 Å². The van der Waals surface area contributed by atoms with Crippen molar-refractivity contribution < 1.29 is 23.7 Å². The van der Waals surface area contributed by atoms with Crippen LogP contribution in [0.4, 0.5) is 0 Å². The van der Waals surface area contributed by atoms with E-state index in [9.17, 15) is 10.0 Å². The van der Waals surface area contributed by atoms with E-state index in [1.165, 1.54) is 12.2 Å². The molecular weight excluding hydrogens is 149 g/mol. The molecule has 0 bridgehead atoms. The Kier molecular flexibility index (Phi) is 4.01. The quantitative estimate of drug-likeness (QED) is 0.242. The predicted molar refractivity (Wildman–Crippen MR) is 43.3 cm³/mol. The van der Waals surface area contributed by atoms with E-state index in [1.54, 1.807) is 13.8 Å². The summed E-state index contributed by atoms with van der Waals surface area (Å²) < 4.78 is 0. The van der Waals surface area contributed by atoms with Crippen molar-refractivity contribution in [3.05, 3.63) is 28.5 Å². The molecule has 0 fully saturated rings. The Morgan fingerprint density at radius 3 is 2.00 bits per heavy atom. The molecular formula is C8H8LiNO2. The fourth-order valence-corrected chi connectivity index (χ4v) is 1.06. The number of carbonyl (C=O) groups excluding carboxylic acids is 1. The van der Waals surface area contributed by atoms with E-state index in [-0.39, 0.29) is 24.6 Å². The molecule has 1 aliphatic carbocycles. The third-order valence-electron chi connectivity index (χ3n) is 1.56. The molecule has 0 unspecified atom stereocenters. The summed E-state index contributed by atoms with van der Waals surface area (Å²) in [6, 6.07) is 0. The Morgan fingerprint density at radius 1 is 1.25 bits per heavy atom. The van der Waals surface area contributed by atoms with Crippen molar-refractivity contribution in [1.82, 2.24) is 0 Å². The molecule has 1 rings (SSSR count). The molecule has 4 heteroatoms. The second-order valence-electron chi connectivity index (χ2n) is 2.50. The van der Waals surface area contributed by atoms with Gasteiger partial charge in [-0.2, -0.15) is 0 Å². The minimum Gasteiger partial charge on any atom is -0.792 e. The Hall–Kier alpha value is -0.783. The molecule has 0 atom stereocenters. The summed E-state index contributed by atoms with van der Waals surface area (Å²) in [6.45, 7) is 3.40. The smallest absolute Gasteiger partial charge is 0.792 e. The zero-order valence-corrected chi connectivity index (χ0v) is 7.42. The predicted octanol–water partition coefficient (Wildman–Crippen LogP) is -1.60. The monoisotopic (exact) mass is 157 g/mol. The first kappa shape index (κ1) is 11.2. The van der Waals surface area contributed by atoms with E-state index in [4.69, 9.17) is 0 Å². The van der Waals surface area contributed by atoms with Crippen LogP contribution in [0.25, 0.3) is 0 Å². The molecule has 12 heavy (non-hydrogen) atoms. The summed E-state index contributed by atoms with van der Waals surface area (Å²) >= 11 is 0. The standard InChI is InChI=1S/C8H9NO2.Li/c1-5-3-7(10)4-6(2)8(5)9-11;/h3-4,11H,1-2H3;/q;+1/p-1. The number of allylic oxidation sites excluding steroid dienone is 4. The maximum Gasteiger partial charge on any atom is 1.00 e. The molecule has 0 aliphatic heterocycles. The maximum absolute atomic E-state index is 10.8. The summed E-state index contributed by atoms with van der Waals surface area (Å²) in [4.78, 5) is 10.8. The Balaban J connectivity index is 0.00000121. The fourth-order valence-electron chi connectivity index (χ4n) is 1.06. The van der Waals surface area contributed by atoms with Gasteiger partial charge in [0.05, 0.1) is 5.71 Å².